The fourth-order valence-electron chi connectivity index (χ4n) is 4.11. The molecule has 33 heavy (non-hydrogen) atoms. The molecule has 0 aliphatic heterocycles. The van der Waals surface area contributed by atoms with Crippen LogP contribution in [-0.2, 0) is 30.1 Å². The van der Waals surface area contributed by atoms with Crippen LogP contribution in [0.1, 0.15) is 45.8 Å². The van der Waals surface area contributed by atoms with Crippen LogP contribution in [0.3, 0.4) is 0 Å². The van der Waals surface area contributed by atoms with E-state index in [2.05, 4.69) is 4.98 Å². The van der Waals surface area contributed by atoms with E-state index in [0.29, 0.717) is 36.2 Å². The van der Waals surface area contributed by atoms with Crippen LogP contribution < -0.4 is 0 Å². The van der Waals surface area contributed by atoms with Gasteiger partial charge in [-0.2, -0.15) is 26.3 Å². The Morgan fingerprint density at radius 2 is 1.52 bits per heavy atom. The summed E-state index contributed by atoms with van der Waals surface area (Å²) in [6.07, 6.45) is -7.77. The molecule has 9 heteroatoms. The van der Waals surface area contributed by atoms with Crippen molar-refractivity contribution in [3.05, 3.63) is 100 Å². The Labute approximate surface area is 185 Å². The van der Waals surface area contributed by atoms with E-state index in [1.54, 1.807) is 24.4 Å². The van der Waals surface area contributed by atoms with Gasteiger partial charge in [0.25, 0.3) is 0 Å². The number of hydrogen-bond donors (Lipinski definition) is 0. The number of rotatable bonds is 4. The van der Waals surface area contributed by atoms with Crippen molar-refractivity contribution in [3.63, 3.8) is 0 Å². The zero-order valence-electron chi connectivity index (χ0n) is 17.1. The molecule has 0 N–H and O–H groups in total. The van der Waals surface area contributed by atoms with Crippen molar-refractivity contribution >= 4 is 0 Å². The summed E-state index contributed by atoms with van der Waals surface area (Å²) in [5, 5.41) is 0. The number of benzene rings is 2. The van der Waals surface area contributed by atoms with E-state index in [-0.39, 0.29) is 11.6 Å². The van der Waals surface area contributed by atoms with Gasteiger partial charge in [-0.3, -0.25) is 4.98 Å². The number of aryl methyl sites for hydroxylation is 1. The highest BCUT2D eigenvalue weighted by Gasteiger charge is 2.37. The standard InChI is InChI=1S/C24H18F7NO/c25-19-6-3-15(4-7-19)21-20(8-5-16-2-1-9-32-22(16)21)33-13-14-10-17(23(26,27)28)12-18(11-14)24(29,30)31/h1-4,6-7,9-12,20-21H,5,8,13H2/t20-,21+/m0/s1. The minimum Gasteiger partial charge on any atom is -0.372 e. The average molecular weight is 469 g/mol. The maximum atomic E-state index is 13.5. The minimum atomic E-state index is -4.93. The summed E-state index contributed by atoms with van der Waals surface area (Å²) >= 11 is 0. The Hall–Kier alpha value is -2.94. The lowest BCUT2D eigenvalue weighted by Crippen LogP contribution is -2.30. The first-order valence-electron chi connectivity index (χ1n) is 10.1. The van der Waals surface area contributed by atoms with Gasteiger partial charge in [0.2, 0.25) is 0 Å². The maximum Gasteiger partial charge on any atom is 0.416 e. The Bertz CT molecular complexity index is 1090. The molecule has 0 spiro atoms. The molecule has 3 aromatic rings. The Balaban J connectivity index is 1.65. The summed E-state index contributed by atoms with van der Waals surface area (Å²) in [7, 11) is 0. The van der Waals surface area contributed by atoms with Crippen LogP contribution in [0, 0.1) is 5.82 Å². The number of nitrogens with zero attached hydrogens (tertiary/aromatic N) is 1. The zero-order valence-corrected chi connectivity index (χ0v) is 17.1. The summed E-state index contributed by atoms with van der Waals surface area (Å²) in [5.74, 6) is -0.875. The predicted octanol–water partition coefficient (Wildman–Crippen LogP) is 6.92. The molecule has 1 aliphatic rings. The number of halogens is 7. The number of fused-ring (bicyclic) bond motifs is 1. The highest BCUT2D eigenvalue weighted by Crippen LogP contribution is 2.39. The first-order chi connectivity index (χ1) is 15.5. The predicted molar refractivity (Wildman–Crippen MR) is 106 cm³/mol. The van der Waals surface area contributed by atoms with Crippen LogP contribution >= 0.6 is 0 Å². The van der Waals surface area contributed by atoms with Crippen LogP contribution in [0.4, 0.5) is 30.7 Å². The van der Waals surface area contributed by atoms with Gasteiger partial charge >= 0.3 is 12.4 Å². The van der Waals surface area contributed by atoms with Crippen LogP contribution in [0.15, 0.2) is 60.8 Å². The lowest BCUT2D eigenvalue weighted by atomic mass is 9.80. The monoisotopic (exact) mass is 469 g/mol. The van der Waals surface area contributed by atoms with Gasteiger partial charge in [-0.1, -0.05) is 18.2 Å². The van der Waals surface area contributed by atoms with Crippen molar-refractivity contribution in [2.24, 2.45) is 0 Å². The molecule has 174 valence electrons. The van der Waals surface area contributed by atoms with E-state index >= 15 is 0 Å². The van der Waals surface area contributed by atoms with Gasteiger partial charge in [0.1, 0.15) is 5.82 Å². The molecule has 2 nitrogen and oxygen atoms in total. The fourth-order valence-corrected chi connectivity index (χ4v) is 4.11. The van der Waals surface area contributed by atoms with E-state index in [4.69, 9.17) is 4.74 Å². The van der Waals surface area contributed by atoms with E-state index in [9.17, 15) is 30.7 Å². The molecule has 0 amide bonds. The Morgan fingerprint density at radius 1 is 0.879 bits per heavy atom. The van der Waals surface area contributed by atoms with Crippen LogP contribution in [0.5, 0.6) is 0 Å². The highest BCUT2D eigenvalue weighted by atomic mass is 19.4. The average Bonchev–Trinajstić information content (AvgIpc) is 2.76. The molecule has 1 heterocycles. The third-order valence-electron chi connectivity index (χ3n) is 5.63. The molecular formula is C24H18F7NO. The van der Waals surface area contributed by atoms with E-state index in [0.717, 1.165) is 5.56 Å². The summed E-state index contributed by atoms with van der Waals surface area (Å²) in [6, 6.07) is 10.8. The van der Waals surface area contributed by atoms with E-state index < -0.39 is 47.9 Å². The van der Waals surface area contributed by atoms with Crippen molar-refractivity contribution in [2.75, 3.05) is 0 Å². The van der Waals surface area contributed by atoms with Gasteiger partial charge in [0.15, 0.2) is 0 Å². The molecule has 2 aromatic carbocycles. The lowest BCUT2D eigenvalue weighted by molar-refractivity contribution is -0.143. The van der Waals surface area contributed by atoms with Crippen molar-refractivity contribution < 1.29 is 35.5 Å². The van der Waals surface area contributed by atoms with Crippen molar-refractivity contribution in [1.82, 2.24) is 4.98 Å². The quantitative estimate of drug-likeness (QED) is 0.387. The molecule has 0 bridgehead atoms. The number of aromatic nitrogens is 1. The number of hydrogen-bond acceptors (Lipinski definition) is 2. The van der Waals surface area contributed by atoms with Gasteiger partial charge in [-0.15, -0.1) is 0 Å². The second-order valence-corrected chi connectivity index (χ2v) is 7.88. The number of pyridine rings is 1. The molecule has 0 unspecified atom stereocenters. The van der Waals surface area contributed by atoms with Crippen LogP contribution in [-0.4, -0.2) is 11.1 Å². The maximum absolute atomic E-state index is 13.5. The highest BCUT2D eigenvalue weighted by molar-refractivity contribution is 5.38. The second kappa shape index (κ2) is 8.78. The van der Waals surface area contributed by atoms with E-state index in [1.165, 1.54) is 12.1 Å². The third-order valence-corrected chi connectivity index (χ3v) is 5.63. The summed E-state index contributed by atoms with van der Waals surface area (Å²) in [6.45, 7) is -0.447. The molecule has 0 saturated carbocycles. The molecular weight excluding hydrogens is 451 g/mol. The van der Waals surface area contributed by atoms with Gasteiger partial charge in [0.05, 0.1) is 35.4 Å². The summed E-state index contributed by atoms with van der Waals surface area (Å²) in [5.41, 5.74) is -0.656. The zero-order chi connectivity index (χ0) is 23.8. The van der Waals surface area contributed by atoms with Crippen molar-refractivity contribution in [2.45, 2.75) is 43.8 Å². The molecule has 1 aliphatic carbocycles. The first kappa shape index (κ1) is 23.2. The fraction of sp³-hybridized carbons (Fsp3) is 0.292. The summed E-state index contributed by atoms with van der Waals surface area (Å²) in [4.78, 5) is 4.43. The van der Waals surface area contributed by atoms with Gasteiger partial charge in [0, 0.05) is 6.20 Å². The van der Waals surface area contributed by atoms with Crippen LogP contribution in [0.2, 0.25) is 0 Å². The van der Waals surface area contributed by atoms with Gasteiger partial charge < -0.3 is 4.74 Å². The Kier molecular flexibility index (Phi) is 6.18. The molecule has 0 saturated heterocycles. The second-order valence-electron chi connectivity index (χ2n) is 7.88. The number of ether oxygens (including phenoxy) is 1. The van der Waals surface area contributed by atoms with Crippen molar-refractivity contribution in [3.8, 4) is 0 Å². The topological polar surface area (TPSA) is 22.1 Å². The molecule has 0 fully saturated rings. The van der Waals surface area contributed by atoms with Crippen molar-refractivity contribution in [1.29, 1.82) is 0 Å². The minimum absolute atomic E-state index is 0.0889. The molecule has 1 aromatic heterocycles. The molecule has 2 atom stereocenters. The smallest absolute Gasteiger partial charge is 0.372 e. The Morgan fingerprint density at radius 3 is 2.12 bits per heavy atom. The van der Waals surface area contributed by atoms with Gasteiger partial charge in [-0.05, 0) is 65.9 Å². The van der Waals surface area contributed by atoms with Gasteiger partial charge in [-0.25, -0.2) is 4.39 Å². The van der Waals surface area contributed by atoms with E-state index in [1.807, 2.05) is 6.07 Å². The normalized spacial score (nSPS) is 18.8. The van der Waals surface area contributed by atoms with Crippen LogP contribution in [0.25, 0.3) is 0 Å². The SMILES string of the molecule is Fc1ccc([C@H]2c3ncccc3CC[C@@H]2OCc2cc(C(F)(F)F)cc(C(F)(F)F)c2)cc1. The number of alkyl halides is 6. The molecule has 0 radical (unpaired) electrons. The first-order valence-corrected chi connectivity index (χ1v) is 10.1. The third kappa shape index (κ3) is 5.19. The molecule has 4 rings (SSSR count). The lowest BCUT2D eigenvalue weighted by Gasteiger charge is -2.33. The largest absolute Gasteiger partial charge is 0.416 e. The summed E-state index contributed by atoms with van der Waals surface area (Å²) < 4.78 is 98.3.